The highest BCUT2D eigenvalue weighted by atomic mass is 19.1. The van der Waals surface area contributed by atoms with Crippen molar-refractivity contribution in [1.82, 2.24) is 0 Å². The number of hydrogen-bond donors (Lipinski definition) is 1. The molecule has 3 nitrogen and oxygen atoms in total. The van der Waals surface area contributed by atoms with Crippen molar-refractivity contribution in [3.8, 4) is 0 Å². The highest BCUT2D eigenvalue weighted by Gasteiger charge is 2.21. The molecule has 1 aromatic carbocycles. The van der Waals surface area contributed by atoms with E-state index in [4.69, 9.17) is 5.73 Å². The number of hydrogen-bond acceptors (Lipinski definition) is 3. The maximum Gasteiger partial charge on any atom is 0.310 e. The molecule has 0 aliphatic carbocycles. The van der Waals surface area contributed by atoms with Gasteiger partial charge in [-0.15, -0.1) is 0 Å². The van der Waals surface area contributed by atoms with Gasteiger partial charge in [-0.3, -0.25) is 4.79 Å². The van der Waals surface area contributed by atoms with Crippen molar-refractivity contribution in [3.05, 3.63) is 35.4 Å². The van der Waals surface area contributed by atoms with Crippen molar-refractivity contribution in [1.29, 1.82) is 0 Å². The van der Waals surface area contributed by atoms with Crippen LogP contribution in [0.4, 0.5) is 8.78 Å². The van der Waals surface area contributed by atoms with Gasteiger partial charge in [0.15, 0.2) is 0 Å². The Bertz CT molecular complexity index is 362. The van der Waals surface area contributed by atoms with Gasteiger partial charge < -0.3 is 10.5 Å². The summed E-state index contributed by atoms with van der Waals surface area (Å²) >= 11 is 0. The van der Waals surface area contributed by atoms with Crippen LogP contribution in [-0.2, 0) is 16.0 Å². The van der Waals surface area contributed by atoms with E-state index in [1.54, 1.807) is 0 Å². The van der Waals surface area contributed by atoms with Crippen molar-refractivity contribution in [2.75, 3.05) is 13.7 Å². The molecule has 0 saturated heterocycles. The molecule has 0 bridgehead atoms. The van der Waals surface area contributed by atoms with E-state index in [1.165, 1.54) is 13.2 Å². The number of methoxy groups -OCH3 is 1. The molecule has 1 unspecified atom stereocenters. The minimum Gasteiger partial charge on any atom is -0.469 e. The second-order valence-corrected chi connectivity index (χ2v) is 3.36. The van der Waals surface area contributed by atoms with E-state index in [0.717, 1.165) is 12.1 Å². The smallest absolute Gasteiger partial charge is 0.310 e. The van der Waals surface area contributed by atoms with E-state index in [1.807, 2.05) is 0 Å². The number of esters is 1. The van der Waals surface area contributed by atoms with Gasteiger partial charge in [-0.1, -0.05) is 6.07 Å². The number of carbonyl (C=O) groups is 1. The summed E-state index contributed by atoms with van der Waals surface area (Å²) in [4.78, 5) is 11.2. The predicted molar refractivity (Wildman–Crippen MR) is 54.6 cm³/mol. The van der Waals surface area contributed by atoms with Gasteiger partial charge in [0, 0.05) is 12.1 Å². The van der Waals surface area contributed by atoms with Crippen LogP contribution in [0, 0.1) is 17.6 Å². The summed E-state index contributed by atoms with van der Waals surface area (Å²) in [6.07, 6.45) is -0.0956. The van der Waals surface area contributed by atoms with Gasteiger partial charge in [0.1, 0.15) is 11.6 Å². The third kappa shape index (κ3) is 2.76. The first kappa shape index (κ1) is 12.6. The van der Waals surface area contributed by atoms with Crippen LogP contribution >= 0.6 is 0 Å². The molecule has 0 amide bonds. The Hall–Kier alpha value is -1.49. The molecule has 0 aromatic heterocycles. The van der Waals surface area contributed by atoms with E-state index in [9.17, 15) is 13.6 Å². The molecular weight excluding hydrogens is 216 g/mol. The Balaban J connectivity index is 2.90. The molecule has 0 fully saturated rings. The number of benzene rings is 1. The van der Waals surface area contributed by atoms with Crippen LogP contribution in [0.15, 0.2) is 18.2 Å². The van der Waals surface area contributed by atoms with Crippen molar-refractivity contribution >= 4 is 5.97 Å². The monoisotopic (exact) mass is 229 g/mol. The SMILES string of the molecule is COC(=O)C(CN)Cc1c(F)cccc1F. The average molecular weight is 229 g/mol. The Morgan fingerprint density at radius 3 is 2.44 bits per heavy atom. The zero-order chi connectivity index (χ0) is 12.1. The van der Waals surface area contributed by atoms with E-state index < -0.39 is 23.5 Å². The lowest BCUT2D eigenvalue weighted by molar-refractivity contribution is -0.145. The summed E-state index contributed by atoms with van der Waals surface area (Å²) < 4.78 is 31.1. The van der Waals surface area contributed by atoms with Gasteiger partial charge in [0.25, 0.3) is 0 Å². The standard InChI is InChI=1S/C11H13F2NO2/c1-16-11(15)7(6-14)5-8-9(12)3-2-4-10(8)13/h2-4,7H,5-6,14H2,1H3. The van der Waals surface area contributed by atoms with Crippen LogP contribution in [-0.4, -0.2) is 19.6 Å². The molecule has 16 heavy (non-hydrogen) atoms. The Morgan fingerprint density at radius 1 is 1.44 bits per heavy atom. The third-order valence-electron chi connectivity index (χ3n) is 2.33. The number of ether oxygens (including phenoxy) is 1. The lowest BCUT2D eigenvalue weighted by atomic mass is 9.98. The fourth-order valence-electron chi connectivity index (χ4n) is 1.40. The number of rotatable bonds is 4. The topological polar surface area (TPSA) is 52.3 Å². The molecular formula is C11H13F2NO2. The zero-order valence-electron chi connectivity index (χ0n) is 8.87. The first-order valence-corrected chi connectivity index (χ1v) is 4.81. The van der Waals surface area contributed by atoms with Crippen molar-refractivity contribution in [2.45, 2.75) is 6.42 Å². The fourth-order valence-corrected chi connectivity index (χ4v) is 1.40. The van der Waals surface area contributed by atoms with Crippen LogP contribution in [0.5, 0.6) is 0 Å². The molecule has 1 rings (SSSR count). The molecule has 0 aliphatic heterocycles. The second kappa shape index (κ2) is 5.55. The van der Waals surface area contributed by atoms with E-state index >= 15 is 0 Å². The molecule has 0 aliphatic rings. The van der Waals surface area contributed by atoms with Crippen LogP contribution in [0.1, 0.15) is 5.56 Å². The van der Waals surface area contributed by atoms with Gasteiger partial charge in [0.05, 0.1) is 13.0 Å². The minimum absolute atomic E-state index is 0.0134. The number of halogens is 2. The van der Waals surface area contributed by atoms with Crippen molar-refractivity contribution in [2.24, 2.45) is 11.7 Å². The maximum absolute atomic E-state index is 13.3. The molecule has 0 radical (unpaired) electrons. The molecule has 5 heteroatoms. The quantitative estimate of drug-likeness (QED) is 0.791. The molecule has 0 saturated carbocycles. The molecule has 88 valence electrons. The number of carbonyl (C=O) groups excluding carboxylic acids is 1. The molecule has 0 heterocycles. The normalized spacial score (nSPS) is 12.2. The largest absolute Gasteiger partial charge is 0.469 e. The van der Waals surface area contributed by atoms with Gasteiger partial charge in [-0.2, -0.15) is 0 Å². The molecule has 2 N–H and O–H groups in total. The lowest BCUT2D eigenvalue weighted by Crippen LogP contribution is -2.27. The Kier molecular flexibility index (Phi) is 4.37. The Labute approximate surface area is 92.2 Å². The lowest BCUT2D eigenvalue weighted by Gasteiger charge is -2.13. The molecule has 1 atom stereocenters. The van der Waals surface area contributed by atoms with Crippen LogP contribution in [0.3, 0.4) is 0 Å². The van der Waals surface area contributed by atoms with Gasteiger partial charge in [-0.05, 0) is 18.6 Å². The van der Waals surface area contributed by atoms with Crippen LogP contribution in [0.25, 0.3) is 0 Å². The second-order valence-electron chi connectivity index (χ2n) is 3.36. The van der Waals surface area contributed by atoms with Crippen molar-refractivity contribution in [3.63, 3.8) is 0 Å². The summed E-state index contributed by atoms with van der Waals surface area (Å²) in [5.41, 5.74) is 5.22. The average Bonchev–Trinajstić information content (AvgIpc) is 2.28. The van der Waals surface area contributed by atoms with E-state index in [-0.39, 0.29) is 18.5 Å². The van der Waals surface area contributed by atoms with E-state index in [2.05, 4.69) is 4.74 Å². The van der Waals surface area contributed by atoms with Gasteiger partial charge in [-0.25, -0.2) is 8.78 Å². The first-order valence-electron chi connectivity index (χ1n) is 4.81. The summed E-state index contributed by atoms with van der Waals surface area (Å²) in [5.74, 6) is -2.65. The summed E-state index contributed by atoms with van der Waals surface area (Å²) in [7, 11) is 1.21. The highest BCUT2D eigenvalue weighted by Crippen LogP contribution is 2.17. The van der Waals surface area contributed by atoms with E-state index in [0.29, 0.717) is 0 Å². The van der Waals surface area contributed by atoms with Crippen LogP contribution < -0.4 is 5.73 Å². The highest BCUT2D eigenvalue weighted by molar-refractivity contribution is 5.72. The number of nitrogens with two attached hydrogens (primary N) is 1. The third-order valence-corrected chi connectivity index (χ3v) is 2.33. The van der Waals surface area contributed by atoms with Crippen LogP contribution in [0.2, 0.25) is 0 Å². The van der Waals surface area contributed by atoms with Gasteiger partial charge in [0.2, 0.25) is 0 Å². The zero-order valence-corrected chi connectivity index (χ0v) is 8.87. The maximum atomic E-state index is 13.3. The fraction of sp³-hybridized carbons (Fsp3) is 0.364. The summed E-state index contributed by atoms with van der Waals surface area (Å²) in [6.45, 7) is -0.0134. The predicted octanol–water partition coefficient (Wildman–Crippen LogP) is 1.26. The first-order chi connectivity index (χ1) is 7.60. The molecule has 0 spiro atoms. The van der Waals surface area contributed by atoms with Gasteiger partial charge >= 0.3 is 5.97 Å². The summed E-state index contributed by atoms with van der Waals surface area (Å²) in [6, 6.07) is 3.55. The minimum atomic E-state index is -0.726. The summed E-state index contributed by atoms with van der Waals surface area (Å²) in [5, 5.41) is 0. The molecule has 1 aromatic rings. The van der Waals surface area contributed by atoms with Crippen molar-refractivity contribution < 1.29 is 18.3 Å². The Morgan fingerprint density at radius 2 is 2.00 bits per heavy atom.